The number of para-hydroxylation sites is 1. The number of rotatable bonds is 7. The summed E-state index contributed by atoms with van der Waals surface area (Å²) in [4.78, 5) is 31.1. The maximum absolute atomic E-state index is 12.6. The molecule has 2 amide bonds. The molecule has 0 spiro atoms. The van der Waals surface area contributed by atoms with Crippen molar-refractivity contribution in [3.63, 3.8) is 0 Å². The third-order valence-electron chi connectivity index (χ3n) is 5.51. The average molecular weight is 466 g/mol. The van der Waals surface area contributed by atoms with Gasteiger partial charge in [0.1, 0.15) is 0 Å². The summed E-state index contributed by atoms with van der Waals surface area (Å²) in [5.74, 6) is 0.825. The number of carbonyl (C=O) groups is 2. The first-order valence-corrected chi connectivity index (χ1v) is 10.9. The zero-order valence-electron chi connectivity index (χ0n) is 19.0. The SMILES string of the molecule is COc1ccc(-c2noc(COC(=O)C3CCCN(C(=O)Nc4ccccc4)C3)n2)cc1OC. The lowest BCUT2D eigenvalue weighted by Crippen LogP contribution is -2.44. The average Bonchev–Trinajstić information content (AvgIpc) is 3.36. The Morgan fingerprint density at radius 2 is 1.91 bits per heavy atom. The van der Waals surface area contributed by atoms with E-state index in [1.165, 1.54) is 0 Å². The van der Waals surface area contributed by atoms with Crippen LogP contribution in [0.1, 0.15) is 18.7 Å². The van der Waals surface area contributed by atoms with E-state index in [4.69, 9.17) is 18.7 Å². The molecule has 1 saturated heterocycles. The molecule has 1 fully saturated rings. The van der Waals surface area contributed by atoms with Crippen molar-refractivity contribution in [3.8, 4) is 22.9 Å². The van der Waals surface area contributed by atoms with E-state index in [2.05, 4.69) is 15.5 Å². The third kappa shape index (κ3) is 5.45. The molecule has 0 bridgehead atoms. The van der Waals surface area contributed by atoms with Gasteiger partial charge >= 0.3 is 12.0 Å². The number of ether oxygens (including phenoxy) is 3. The number of anilines is 1. The predicted octanol–water partition coefficient (Wildman–Crippen LogP) is 3.74. The van der Waals surface area contributed by atoms with Crippen molar-refractivity contribution in [1.29, 1.82) is 0 Å². The number of urea groups is 1. The summed E-state index contributed by atoms with van der Waals surface area (Å²) in [7, 11) is 3.10. The van der Waals surface area contributed by atoms with Gasteiger partial charge in [-0.15, -0.1) is 0 Å². The molecular weight excluding hydrogens is 440 g/mol. The highest BCUT2D eigenvalue weighted by Gasteiger charge is 2.30. The molecular formula is C24H26N4O6. The van der Waals surface area contributed by atoms with Gasteiger partial charge in [-0.2, -0.15) is 4.98 Å². The molecule has 1 aliphatic rings. The van der Waals surface area contributed by atoms with Crippen LogP contribution < -0.4 is 14.8 Å². The fraction of sp³-hybridized carbons (Fsp3) is 0.333. The number of nitrogens with zero attached hydrogens (tertiary/aromatic N) is 3. The number of benzene rings is 2. The summed E-state index contributed by atoms with van der Waals surface area (Å²) in [5, 5.41) is 6.80. The van der Waals surface area contributed by atoms with Gasteiger partial charge in [0.2, 0.25) is 5.82 Å². The van der Waals surface area contributed by atoms with E-state index < -0.39 is 11.9 Å². The Labute approximate surface area is 196 Å². The normalized spacial score (nSPS) is 15.5. The Hall–Kier alpha value is -4.08. The van der Waals surface area contributed by atoms with Crippen LogP contribution >= 0.6 is 0 Å². The summed E-state index contributed by atoms with van der Waals surface area (Å²) < 4.78 is 21.2. The smallest absolute Gasteiger partial charge is 0.321 e. The van der Waals surface area contributed by atoms with Gasteiger partial charge < -0.3 is 29.0 Å². The molecule has 0 saturated carbocycles. The van der Waals surface area contributed by atoms with E-state index >= 15 is 0 Å². The number of hydrogen-bond donors (Lipinski definition) is 1. The molecule has 10 heteroatoms. The molecule has 1 unspecified atom stereocenters. The summed E-state index contributed by atoms with van der Waals surface area (Å²) >= 11 is 0. The molecule has 2 aromatic carbocycles. The zero-order chi connectivity index (χ0) is 23.9. The van der Waals surface area contributed by atoms with E-state index in [-0.39, 0.29) is 25.1 Å². The minimum Gasteiger partial charge on any atom is -0.493 e. The van der Waals surface area contributed by atoms with Crippen LogP contribution in [0.2, 0.25) is 0 Å². The number of aromatic nitrogens is 2. The van der Waals surface area contributed by atoms with Crippen molar-refractivity contribution < 1.29 is 28.3 Å². The summed E-state index contributed by atoms with van der Waals surface area (Å²) in [5.41, 5.74) is 1.38. The molecule has 34 heavy (non-hydrogen) atoms. The largest absolute Gasteiger partial charge is 0.493 e. The van der Waals surface area contributed by atoms with Gasteiger partial charge in [-0.3, -0.25) is 4.79 Å². The fourth-order valence-electron chi connectivity index (χ4n) is 3.73. The van der Waals surface area contributed by atoms with E-state index in [1.807, 2.05) is 30.3 Å². The highest BCUT2D eigenvalue weighted by molar-refractivity contribution is 5.89. The van der Waals surface area contributed by atoms with Crippen LogP contribution in [0.15, 0.2) is 53.1 Å². The predicted molar refractivity (Wildman–Crippen MR) is 122 cm³/mol. The van der Waals surface area contributed by atoms with E-state index in [1.54, 1.807) is 37.3 Å². The standard InChI is InChI=1S/C24H26N4O6/c1-31-19-11-10-16(13-20(19)32-2)22-26-21(34-27-22)15-33-23(29)17-7-6-12-28(14-17)24(30)25-18-8-4-3-5-9-18/h3-5,8-11,13,17H,6-7,12,14-15H2,1-2H3,(H,25,30). The number of nitrogens with one attached hydrogen (secondary N) is 1. The Balaban J connectivity index is 1.31. The zero-order valence-corrected chi connectivity index (χ0v) is 19.0. The first-order chi connectivity index (χ1) is 16.6. The molecule has 1 aromatic heterocycles. The summed E-state index contributed by atoms with van der Waals surface area (Å²) in [6.07, 6.45) is 1.36. The molecule has 2 heterocycles. The lowest BCUT2D eigenvalue weighted by atomic mass is 9.98. The third-order valence-corrected chi connectivity index (χ3v) is 5.51. The topological polar surface area (TPSA) is 116 Å². The van der Waals surface area contributed by atoms with Crippen LogP contribution in [0.3, 0.4) is 0 Å². The molecule has 1 N–H and O–H groups in total. The van der Waals surface area contributed by atoms with E-state index in [0.29, 0.717) is 48.0 Å². The van der Waals surface area contributed by atoms with Crippen LogP contribution in [0, 0.1) is 5.92 Å². The Kier molecular flexibility index (Phi) is 7.26. The quantitative estimate of drug-likeness (QED) is 0.524. The second-order valence-electron chi connectivity index (χ2n) is 7.77. The lowest BCUT2D eigenvalue weighted by molar-refractivity contribution is -0.152. The van der Waals surface area contributed by atoms with Crippen molar-refractivity contribution in [2.24, 2.45) is 5.92 Å². The van der Waals surface area contributed by atoms with Gasteiger partial charge in [0, 0.05) is 24.3 Å². The van der Waals surface area contributed by atoms with Gasteiger partial charge in [0.25, 0.3) is 5.89 Å². The lowest BCUT2D eigenvalue weighted by Gasteiger charge is -2.31. The van der Waals surface area contributed by atoms with Crippen LogP contribution in [0.4, 0.5) is 10.5 Å². The van der Waals surface area contributed by atoms with Gasteiger partial charge in [-0.05, 0) is 43.2 Å². The van der Waals surface area contributed by atoms with Crippen molar-refractivity contribution in [2.75, 3.05) is 32.6 Å². The first kappa shape index (κ1) is 23.1. The minimum atomic E-state index is -0.413. The minimum absolute atomic E-state index is 0.147. The molecule has 0 radical (unpaired) electrons. The van der Waals surface area contributed by atoms with Crippen molar-refractivity contribution in [2.45, 2.75) is 19.4 Å². The van der Waals surface area contributed by atoms with E-state index in [9.17, 15) is 9.59 Å². The van der Waals surface area contributed by atoms with E-state index in [0.717, 1.165) is 0 Å². The van der Waals surface area contributed by atoms with Crippen molar-refractivity contribution in [1.82, 2.24) is 15.0 Å². The van der Waals surface area contributed by atoms with Crippen LogP contribution in [-0.2, 0) is 16.1 Å². The second-order valence-corrected chi connectivity index (χ2v) is 7.77. The first-order valence-electron chi connectivity index (χ1n) is 10.9. The molecule has 1 aliphatic heterocycles. The molecule has 3 aromatic rings. The van der Waals surface area contributed by atoms with Crippen LogP contribution in [-0.4, -0.2) is 54.4 Å². The number of likely N-dealkylation sites (tertiary alicyclic amines) is 1. The number of methoxy groups -OCH3 is 2. The van der Waals surface area contributed by atoms with Crippen molar-refractivity contribution >= 4 is 17.7 Å². The van der Waals surface area contributed by atoms with Gasteiger partial charge in [0.05, 0.1) is 20.1 Å². The van der Waals surface area contributed by atoms with Gasteiger partial charge in [-0.1, -0.05) is 23.4 Å². The molecule has 1 atom stereocenters. The highest BCUT2D eigenvalue weighted by Crippen LogP contribution is 2.31. The summed E-state index contributed by atoms with van der Waals surface area (Å²) in [6, 6.07) is 14.2. The number of carbonyl (C=O) groups excluding carboxylic acids is 2. The number of piperidine rings is 1. The van der Waals surface area contributed by atoms with Gasteiger partial charge in [0.15, 0.2) is 18.1 Å². The molecule has 178 valence electrons. The van der Waals surface area contributed by atoms with Crippen molar-refractivity contribution in [3.05, 3.63) is 54.4 Å². The molecule has 4 rings (SSSR count). The molecule has 0 aliphatic carbocycles. The van der Waals surface area contributed by atoms with Gasteiger partial charge in [-0.25, -0.2) is 4.79 Å². The maximum atomic E-state index is 12.6. The fourth-order valence-corrected chi connectivity index (χ4v) is 3.73. The monoisotopic (exact) mass is 466 g/mol. The summed E-state index contributed by atoms with van der Waals surface area (Å²) in [6.45, 7) is 0.727. The Morgan fingerprint density at radius 1 is 1.12 bits per heavy atom. The maximum Gasteiger partial charge on any atom is 0.321 e. The number of hydrogen-bond acceptors (Lipinski definition) is 8. The Bertz CT molecular complexity index is 1130. The second kappa shape index (κ2) is 10.7. The van der Waals surface area contributed by atoms with Crippen LogP contribution in [0.25, 0.3) is 11.4 Å². The molecule has 10 nitrogen and oxygen atoms in total. The Morgan fingerprint density at radius 3 is 2.68 bits per heavy atom. The number of esters is 1. The van der Waals surface area contributed by atoms with Crippen LogP contribution in [0.5, 0.6) is 11.5 Å². The highest BCUT2D eigenvalue weighted by atomic mass is 16.6. The number of amides is 2.